The third kappa shape index (κ3) is 6.10. The van der Waals surface area contributed by atoms with E-state index in [-0.39, 0.29) is 63.4 Å². The molecule has 5 heterocycles. The minimum atomic E-state index is -1.38. The number of carbonyl (C=O) groups is 1. The summed E-state index contributed by atoms with van der Waals surface area (Å²) in [5.41, 5.74) is 16.8. The summed E-state index contributed by atoms with van der Waals surface area (Å²) >= 11 is 0. The number of nitrogens with zero attached hydrogens (tertiary/aromatic N) is 2. The molecule has 0 unspecified atom stereocenters. The number of carbonyl (C=O) groups excluding carboxylic acids is 1. The Labute approximate surface area is 345 Å². The van der Waals surface area contributed by atoms with E-state index in [1.165, 1.54) is 6.08 Å². The molecule has 0 saturated carbocycles. The molecule has 312 valence electrons. The number of allylic oxidation sites excluding steroid dienone is 1. The van der Waals surface area contributed by atoms with Crippen LogP contribution in [0.4, 0.5) is 11.6 Å². The van der Waals surface area contributed by atoms with Crippen LogP contribution >= 0.6 is 0 Å². The second kappa shape index (κ2) is 14.9. The fourth-order valence-corrected chi connectivity index (χ4v) is 10.9. The van der Waals surface area contributed by atoms with Crippen molar-refractivity contribution in [3.8, 4) is 17.2 Å². The zero-order chi connectivity index (χ0) is 42.2. The monoisotopic (exact) mass is 816 g/mol. The van der Waals surface area contributed by atoms with Crippen molar-refractivity contribution < 1.29 is 44.2 Å². The summed E-state index contributed by atoms with van der Waals surface area (Å²) in [6.07, 6.45) is 6.47. The first-order chi connectivity index (χ1) is 28.9. The predicted molar refractivity (Wildman–Crippen MR) is 221 cm³/mol. The van der Waals surface area contributed by atoms with Gasteiger partial charge in [-0.15, -0.1) is 0 Å². The molecule has 9 rings (SSSR count). The minimum Gasteiger partial charge on any atom is -0.508 e. The van der Waals surface area contributed by atoms with Crippen molar-refractivity contribution in [3.63, 3.8) is 0 Å². The van der Waals surface area contributed by atoms with Crippen LogP contribution in [0, 0.1) is 11.8 Å². The molecule has 2 aromatic carbocycles. The molecule has 0 radical (unpaired) electrons. The summed E-state index contributed by atoms with van der Waals surface area (Å²) in [7, 11) is 0. The van der Waals surface area contributed by atoms with Gasteiger partial charge in [-0.2, -0.15) is 0 Å². The van der Waals surface area contributed by atoms with Crippen LogP contribution in [0.25, 0.3) is 11.0 Å². The maximum atomic E-state index is 14.1. The summed E-state index contributed by atoms with van der Waals surface area (Å²) in [6, 6.07) is 10.0. The minimum absolute atomic E-state index is 0.00133. The lowest BCUT2D eigenvalue weighted by atomic mass is 9.62. The van der Waals surface area contributed by atoms with Crippen LogP contribution in [0.15, 0.2) is 69.7 Å². The number of aromatic nitrogens is 2. The number of nitrogens with two attached hydrogens (primary N) is 2. The van der Waals surface area contributed by atoms with E-state index in [0.717, 1.165) is 28.3 Å². The topological polar surface area (TPSA) is 245 Å². The Hall–Kier alpha value is -5.96. The van der Waals surface area contributed by atoms with Crippen molar-refractivity contribution in [2.75, 3.05) is 24.7 Å². The average Bonchev–Trinajstić information content (AvgIpc) is 3.38. The van der Waals surface area contributed by atoms with E-state index >= 15 is 0 Å². The molecule has 0 saturated heterocycles. The number of phenolic OH excluding ortho intramolecular Hbond substituents is 2. The van der Waals surface area contributed by atoms with Crippen LogP contribution in [0.3, 0.4) is 0 Å². The molecular formula is C46H48N4O10. The Balaban J connectivity index is 1.46. The summed E-state index contributed by atoms with van der Waals surface area (Å²) in [5, 5.41) is 55.3. The van der Waals surface area contributed by atoms with Crippen LogP contribution in [0.2, 0.25) is 0 Å². The van der Waals surface area contributed by atoms with Gasteiger partial charge in [-0.25, -0.2) is 14.8 Å². The Morgan fingerprint density at radius 2 is 1.78 bits per heavy atom. The van der Waals surface area contributed by atoms with Crippen LogP contribution < -0.4 is 21.6 Å². The van der Waals surface area contributed by atoms with Gasteiger partial charge in [-0.05, 0) is 110 Å². The van der Waals surface area contributed by atoms with Crippen molar-refractivity contribution in [1.82, 2.24) is 9.97 Å². The van der Waals surface area contributed by atoms with E-state index in [1.807, 2.05) is 25.1 Å². The summed E-state index contributed by atoms with van der Waals surface area (Å²) in [5.74, 6) is -3.10. The first-order valence-electron chi connectivity index (χ1n) is 20.4. The molecule has 5 aromatic rings. The number of aliphatic hydroxyl groups is 3. The highest BCUT2D eigenvalue weighted by Gasteiger charge is 2.57. The predicted octanol–water partition coefficient (Wildman–Crippen LogP) is 4.57. The maximum Gasteiger partial charge on any atom is 0.336 e. The Morgan fingerprint density at radius 1 is 0.983 bits per heavy atom. The Kier molecular flexibility index (Phi) is 9.84. The van der Waals surface area contributed by atoms with E-state index in [0.29, 0.717) is 54.6 Å². The number of pyridine rings is 2. The zero-order valence-corrected chi connectivity index (χ0v) is 33.4. The first kappa shape index (κ1) is 39.5. The summed E-state index contributed by atoms with van der Waals surface area (Å²) in [4.78, 5) is 37.2. The highest BCUT2D eigenvalue weighted by atomic mass is 16.6. The largest absolute Gasteiger partial charge is 0.508 e. The number of rotatable bonds is 5. The van der Waals surface area contributed by atoms with Crippen LogP contribution in [-0.4, -0.2) is 66.4 Å². The first-order valence-corrected chi connectivity index (χ1v) is 20.4. The number of ether oxygens (including phenoxy) is 2. The number of aryl methyl sites for hydroxylation is 2. The van der Waals surface area contributed by atoms with Gasteiger partial charge < -0.3 is 50.9 Å². The van der Waals surface area contributed by atoms with E-state index in [1.54, 1.807) is 31.5 Å². The Bertz CT molecular complexity index is 2660. The van der Waals surface area contributed by atoms with Gasteiger partial charge in [0.15, 0.2) is 5.43 Å². The van der Waals surface area contributed by atoms with E-state index in [2.05, 4.69) is 9.97 Å². The number of fused-ring (bicyclic) bond motifs is 9. The third-order valence-electron chi connectivity index (χ3n) is 13.8. The maximum absolute atomic E-state index is 14.1. The van der Waals surface area contributed by atoms with Crippen molar-refractivity contribution in [2.45, 2.75) is 88.4 Å². The van der Waals surface area contributed by atoms with Gasteiger partial charge in [0.2, 0.25) is 0 Å². The number of anilines is 2. The zero-order valence-electron chi connectivity index (χ0n) is 33.4. The van der Waals surface area contributed by atoms with Gasteiger partial charge in [0.25, 0.3) is 0 Å². The average molecular weight is 817 g/mol. The standard InChI is InChI=1S/C46H48N4O10/c1-3-21(18-51)45(57)59-35-16-31-41(56)39-34(55)15-26(19-52)58-43(39)40-37-29-10-11-49-44(48)38(29)28(9-5-22-4-7-25(54)14-30(22)32(37)20-53)27-8-6-23-13-36(47)50-17-24(23)12-33(27)46(35,2)60-42(31)40/h3-4,7,10-11,13-15,17,27-28,32-33,35,37,51-54,56H,5-6,8-9,12,16,18-20H2,1-2H3,(H2,47,50)(H2,48,49)/b21-3-/t27-,28-,32+,33-,35+,37+,46-/m0/s1. The van der Waals surface area contributed by atoms with Crippen molar-refractivity contribution in [3.05, 3.63) is 121 Å². The van der Waals surface area contributed by atoms with Crippen molar-refractivity contribution >= 4 is 28.6 Å². The fourth-order valence-electron chi connectivity index (χ4n) is 10.9. The molecule has 0 fully saturated rings. The molecule has 7 atom stereocenters. The molecule has 14 nitrogen and oxygen atoms in total. The fraction of sp³-hybridized carbons (Fsp3) is 0.391. The quantitative estimate of drug-likeness (QED) is 0.0950. The molecule has 0 amide bonds. The SMILES string of the molecule is C/C=C(/CO)C(=O)O[C@@H]1Cc2c3c(c4oc(CO)cc(=O)c4c2O)[C@@H]2c4ccnc(N)c4[C@@H](CCc4ccc(O)cc4[C@H]2CO)[C@@H]2CCc4cc(N)ncc4C[C@@H]2[C@]1(C)O3. The second-order valence-electron chi connectivity index (χ2n) is 16.8. The Morgan fingerprint density at radius 3 is 2.53 bits per heavy atom. The highest BCUT2D eigenvalue weighted by Crippen LogP contribution is 2.60. The molecule has 14 heteroatoms. The van der Waals surface area contributed by atoms with Crippen molar-refractivity contribution in [2.24, 2.45) is 11.8 Å². The molecule has 3 aromatic heterocycles. The van der Waals surface area contributed by atoms with E-state index in [4.69, 9.17) is 25.4 Å². The van der Waals surface area contributed by atoms with E-state index in [9.17, 15) is 35.1 Å². The summed E-state index contributed by atoms with van der Waals surface area (Å²) in [6.45, 7) is 1.90. The van der Waals surface area contributed by atoms with Crippen LogP contribution in [0.5, 0.6) is 17.2 Å². The van der Waals surface area contributed by atoms with Gasteiger partial charge in [-0.1, -0.05) is 12.1 Å². The van der Waals surface area contributed by atoms with Gasteiger partial charge in [-0.3, -0.25) is 4.79 Å². The van der Waals surface area contributed by atoms with Gasteiger partial charge >= 0.3 is 5.97 Å². The van der Waals surface area contributed by atoms with E-state index < -0.39 is 66.4 Å². The molecular weight excluding hydrogens is 769 g/mol. The second-order valence-corrected chi connectivity index (χ2v) is 16.8. The smallest absolute Gasteiger partial charge is 0.336 e. The lowest BCUT2D eigenvalue weighted by molar-refractivity contribution is -0.169. The lowest BCUT2D eigenvalue weighted by Gasteiger charge is -2.51. The molecule has 4 aliphatic rings. The van der Waals surface area contributed by atoms with Crippen molar-refractivity contribution in [1.29, 1.82) is 0 Å². The molecule has 0 spiro atoms. The molecule has 60 heavy (non-hydrogen) atoms. The number of phenols is 2. The normalized spacial score (nSPS) is 25.6. The summed E-state index contributed by atoms with van der Waals surface area (Å²) < 4.78 is 20.3. The van der Waals surface area contributed by atoms with Gasteiger partial charge in [0, 0.05) is 59.3 Å². The molecule has 2 aliphatic heterocycles. The van der Waals surface area contributed by atoms with Crippen LogP contribution in [-0.2, 0) is 41.8 Å². The molecule has 4 bridgehead atoms. The number of benzene rings is 2. The lowest BCUT2D eigenvalue weighted by Crippen LogP contribution is -2.59. The number of nitrogen functional groups attached to an aromatic ring is 2. The number of aromatic hydroxyl groups is 2. The van der Waals surface area contributed by atoms with Crippen LogP contribution in [0.1, 0.15) is 94.7 Å². The highest BCUT2D eigenvalue weighted by molar-refractivity contribution is 5.92. The number of esters is 1. The van der Waals surface area contributed by atoms with Gasteiger partial charge in [0.1, 0.15) is 63.9 Å². The number of hydrogen-bond acceptors (Lipinski definition) is 14. The number of hydrogen-bond donors (Lipinski definition) is 7. The molecule has 9 N–H and O–H groups in total. The molecule has 2 aliphatic carbocycles. The van der Waals surface area contributed by atoms with Gasteiger partial charge in [0.05, 0.1) is 18.8 Å². The third-order valence-corrected chi connectivity index (χ3v) is 13.8. The number of aliphatic hydroxyl groups excluding tert-OH is 3.